The maximum absolute atomic E-state index is 4.43. The van der Waals surface area contributed by atoms with E-state index in [0.29, 0.717) is 6.04 Å². The van der Waals surface area contributed by atoms with E-state index >= 15 is 0 Å². The van der Waals surface area contributed by atoms with Crippen LogP contribution in [0.2, 0.25) is 0 Å². The van der Waals surface area contributed by atoms with Crippen molar-refractivity contribution in [2.45, 2.75) is 32.4 Å². The number of benzene rings is 2. The lowest BCUT2D eigenvalue weighted by Gasteiger charge is -2.34. The fourth-order valence-electron chi connectivity index (χ4n) is 3.80. The average Bonchev–Trinajstić information content (AvgIpc) is 3.17. The molecular weight excluding hydrogens is 320 g/mol. The highest BCUT2D eigenvalue weighted by molar-refractivity contribution is 5.44. The molecule has 2 heterocycles. The van der Waals surface area contributed by atoms with Crippen molar-refractivity contribution in [1.82, 2.24) is 14.7 Å². The number of nitrogens with zero attached hydrogens (tertiary/aromatic N) is 3. The molecule has 1 aliphatic rings. The Hall–Kier alpha value is -2.59. The molecule has 3 aromatic rings. The smallest absolute Gasteiger partial charge is 0.0690 e. The molecule has 2 aromatic carbocycles. The highest BCUT2D eigenvalue weighted by Crippen LogP contribution is 2.22. The third-order valence-corrected chi connectivity index (χ3v) is 5.03. The summed E-state index contributed by atoms with van der Waals surface area (Å²) in [6.07, 6.45) is 6.31. The number of hydrogen-bond acceptors (Lipinski definition) is 3. The lowest BCUT2D eigenvalue weighted by molar-refractivity contribution is 0.208. The summed E-state index contributed by atoms with van der Waals surface area (Å²) >= 11 is 0. The molecule has 1 aliphatic heterocycles. The Balaban J connectivity index is 1.48. The minimum atomic E-state index is 0.504. The van der Waals surface area contributed by atoms with Gasteiger partial charge < -0.3 is 5.32 Å². The molecule has 0 spiro atoms. The van der Waals surface area contributed by atoms with E-state index in [4.69, 9.17) is 0 Å². The lowest BCUT2D eigenvalue weighted by atomic mass is 10.0. The number of piperidine rings is 1. The van der Waals surface area contributed by atoms with Gasteiger partial charge in [0.25, 0.3) is 0 Å². The van der Waals surface area contributed by atoms with Crippen LogP contribution in [0.5, 0.6) is 0 Å². The van der Waals surface area contributed by atoms with Crippen LogP contribution in [-0.2, 0) is 6.54 Å². The van der Waals surface area contributed by atoms with Crippen molar-refractivity contribution < 1.29 is 0 Å². The van der Waals surface area contributed by atoms with Crippen LogP contribution in [0.1, 0.15) is 24.0 Å². The van der Waals surface area contributed by atoms with Gasteiger partial charge in [-0.15, -0.1) is 0 Å². The van der Waals surface area contributed by atoms with Crippen LogP contribution in [-0.4, -0.2) is 33.8 Å². The maximum atomic E-state index is 4.43. The van der Waals surface area contributed by atoms with Gasteiger partial charge in [0.15, 0.2) is 0 Å². The number of anilines is 1. The highest BCUT2D eigenvalue weighted by atomic mass is 15.3. The van der Waals surface area contributed by atoms with Crippen molar-refractivity contribution >= 4 is 5.69 Å². The third-order valence-electron chi connectivity index (χ3n) is 5.03. The van der Waals surface area contributed by atoms with Crippen LogP contribution >= 0.6 is 0 Å². The number of likely N-dealkylation sites (tertiary alicyclic amines) is 1. The Bertz CT molecular complexity index is 827. The van der Waals surface area contributed by atoms with Crippen molar-refractivity contribution in [2.75, 3.05) is 18.4 Å². The molecule has 1 fully saturated rings. The number of hydrogen-bond donors (Lipinski definition) is 1. The van der Waals surface area contributed by atoms with Crippen LogP contribution in [0.25, 0.3) is 5.69 Å². The van der Waals surface area contributed by atoms with Gasteiger partial charge in [-0.3, -0.25) is 4.90 Å². The first-order valence-corrected chi connectivity index (χ1v) is 9.41. The van der Waals surface area contributed by atoms with E-state index in [1.807, 2.05) is 23.1 Å². The Labute approximate surface area is 155 Å². The number of aromatic nitrogens is 2. The van der Waals surface area contributed by atoms with Gasteiger partial charge in [-0.25, -0.2) is 4.68 Å². The molecule has 1 saturated heterocycles. The highest BCUT2D eigenvalue weighted by Gasteiger charge is 2.21. The molecule has 0 radical (unpaired) electrons. The Morgan fingerprint density at radius 1 is 1.12 bits per heavy atom. The summed E-state index contributed by atoms with van der Waals surface area (Å²) in [6.45, 7) is 5.34. The second-order valence-electron chi connectivity index (χ2n) is 7.17. The van der Waals surface area contributed by atoms with Gasteiger partial charge in [0, 0.05) is 37.2 Å². The van der Waals surface area contributed by atoms with Crippen molar-refractivity contribution in [3.63, 3.8) is 0 Å². The van der Waals surface area contributed by atoms with Gasteiger partial charge in [-0.1, -0.05) is 35.9 Å². The van der Waals surface area contributed by atoms with Gasteiger partial charge in [-0.2, -0.15) is 5.10 Å². The summed E-state index contributed by atoms with van der Waals surface area (Å²) in [4.78, 5) is 2.56. The topological polar surface area (TPSA) is 33.1 Å². The van der Waals surface area contributed by atoms with E-state index in [2.05, 4.69) is 70.8 Å². The third kappa shape index (κ3) is 3.97. The quantitative estimate of drug-likeness (QED) is 0.749. The average molecular weight is 346 g/mol. The zero-order chi connectivity index (χ0) is 17.8. The first-order chi connectivity index (χ1) is 12.8. The predicted octanol–water partition coefficient (Wildman–Crippen LogP) is 4.26. The predicted molar refractivity (Wildman–Crippen MR) is 107 cm³/mol. The van der Waals surface area contributed by atoms with E-state index in [9.17, 15) is 0 Å². The maximum Gasteiger partial charge on any atom is 0.0690 e. The van der Waals surface area contributed by atoms with Gasteiger partial charge >= 0.3 is 0 Å². The number of rotatable bonds is 5. The van der Waals surface area contributed by atoms with E-state index < -0.39 is 0 Å². The van der Waals surface area contributed by atoms with Crippen molar-refractivity contribution in [3.8, 4) is 5.69 Å². The zero-order valence-corrected chi connectivity index (χ0v) is 15.3. The molecule has 0 amide bonds. The van der Waals surface area contributed by atoms with Gasteiger partial charge in [0.2, 0.25) is 0 Å². The minimum Gasteiger partial charge on any atom is -0.381 e. The summed E-state index contributed by atoms with van der Waals surface area (Å²) in [6, 6.07) is 19.7. The van der Waals surface area contributed by atoms with Gasteiger partial charge in [0.05, 0.1) is 5.69 Å². The summed E-state index contributed by atoms with van der Waals surface area (Å²) in [5, 5.41) is 8.12. The molecule has 0 bridgehead atoms. The second-order valence-corrected chi connectivity index (χ2v) is 7.17. The fraction of sp³-hybridized carbons (Fsp3) is 0.318. The van der Waals surface area contributed by atoms with Gasteiger partial charge in [0.1, 0.15) is 0 Å². The molecule has 0 aliphatic carbocycles. The van der Waals surface area contributed by atoms with Crippen molar-refractivity contribution in [2.24, 2.45) is 0 Å². The molecule has 4 rings (SSSR count). The largest absolute Gasteiger partial charge is 0.381 e. The summed E-state index contributed by atoms with van der Waals surface area (Å²) in [5.74, 6) is 0. The Kier molecular flexibility index (Phi) is 5.02. The lowest BCUT2D eigenvalue weighted by Crippen LogP contribution is -2.41. The Morgan fingerprint density at radius 2 is 2.00 bits per heavy atom. The molecule has 4 nitrogen and oxygen atoms in total. The second kappa shape index (κ2) is 7.75. The van der Waals surface area contributed by atoms with E-state index in [0.717, 1.165) is 19.6 Å². The summed E-state index contributed by atoms with van der Waals surface area (Å²) in [7, 11) is 0. The van der Waals surface area contributed by atoms with E-state index in [1.54, 1.807) is 0 Å². The zero-order valence-electron chi connectivity index (χ0n) is 15.3. The van der Waals surface area contributed by atoms with Crippen molar-refractivity contribution in [3.05, 3.63) is 78.1 Å². The SMILES string of the molecule is Cc1ccc(-n2cccn2)c(CN2CCC[C@H](Nc3ccccc3)C2)c1. The minimum absolute atomic E-state index is 0.504. The van der Waals surface area contributed by atoms with Crippen LogP contribution in [0.3, 0.4) is 0 Å². The summed E-state index contributed by atoms with van der Waals surface area (Å²) < 4.78 is 1.97. The molecule has 0 saturated carbocycles. The molecule has 1 atom stereocenters. The molecule has 1 aromatic heterocycles. The number of nitrogens with one attached hydrogen (secondary N) is 1. The standard InChI is InChI=1S/C22H26N4/c1-18-10-11-22(26-14-6-12-23-26)19(15-18)16-25-13-5-9-21(17-25)24-20-7-3-2-4-8-20/h2-4,6-8,10-12,14-15,21,24H,5,9,13,16-17H2,1H3/t21-/m0/s1. The Morgan fingerprint density at radius 3 is 2.81 bits per heavy atom. The summed E-state index contributed by atoms with van der Waals surface area (Å²) in [5.41, 5.74) is 5.03. The normalized spacial score (nSPS) is 18.0. The van der Waals surface area contributed by atoms with Crippen LogP contribution in [0.4, 0.5) is 5.69 Å². The van der Waals surface area contributed by atoms with E-state index in [-0.39, 0.29) is 0 Å². The van der Waals surface area contributed by atoms with Crippen LogP contribution < -0.4 is 5.32 Å². The van der Waals surface area contributed by atoms with Crippen molar-refractivity contribution in [1.29, 1.82) is 0 Å². The van der Waals surface area contributed by atoms with Crippen LogP contribution in [0, 0.1) is 6.92 Å². The van der Waals surface area contributed by atoms with Gasteiger partial charge in [-0.05, 0) is 56.1 Å². The molecule has 26 heavy (non-hydrogen) atoms. The molecule has 0 unspecified atom stereocenters. The monoisotopic (exact) mass is 346 g/mol. The number of aryl methyl sites for hydroxylation is 1. The molecule has 4 heteroatoms. The first kappa shape index (κ1) is 16.9. The fourth-order valence-corrected chi connectivity index (χ4v) is 3.80. The first-order valence-electron chi connectivity index (χ1n) is 9.41. The number of para-hydroxylation sites is 1. The van der Waals surface area contributed by atoms with E-state index in [1.165, 1.54) is 35.3 Å². The van der Waals surface area contributed by atoms with Crippen LogP contribution in [0.15, 0.2) is 67.0 Å². The molecule has 134 valence electrons. The molecular formula is C22H26N4. The molecule has 1 N–H and O–H groups in total.